The van der Waals surface area contributed by atoms with E-state index < -0.39 is 18.0 Å². The summed E-state index contributed by atoms with van der Waals surface area (Å²) in [5.74, 6) is -0.578. The zero-order valence-corrected chi connectivity index (χ0v) is 18.7. The lowest BCUT2D eigenvalue weighted by Crippen LogP contribution is -2.39. The molecule has 34 heavy (non-hydrogen) atoms. The molecular formula is C25H25N3O6. The topological polar surface area (TPSA) is 118 Å². The third-order valence-electron chi connectivity index (χ3n) is 6.51. The van der Waals surface area contributed by atoms with Crippen LogP contribution >= 0.6 is 0 Å². The summed E-state index contributed by atoms with van der Waals surface area (Å²) in [4.78, 5) is 30.4. The molecule has 2 N–H and O–H groups in total. The Kier molecular flexibility index (Phi) is 5.70. The molecule has 3 heterocycles. The van der Waals surface area contributed by atoms with Crippen molar-refractivity contribution in [3.63, 3.8) is 0 Å². The zero-order valence-electron chi connectivity index (χ0n) is 18.7. The summed E-state index contributed by atoms with van der Waals surface area (Å²) in [6.45, 7) is 0.848. The fraction of sp³-hybridized carbons (Fsp3) is 0.320. The van der Waals surface area contributed by atoms with Crippen molar-refractivity contribution < 1.29 is 29.0 Å². The number of rotatable bonds is 7. The Hall–Kier alpha value is -3.85. The van der Waals surface area contributed by atoms with Gasteiger partial charge >= 0.3 is 11.9 Å². The van der Waals surface area contributed by atoms with Crippen LogP contribution in [0.4, 0.5) is 0 Å². The first kappa shape index (κ1) is 22.0. The van der Waals surface area contributed by atoms with Crippen LogP contribution in [-0.2, 0) is 16.1 Å². The maximum absolute atomic E-state index is 12.5. The Labute approximate surface area is 195 Å². The van der Waals surface area contributed by atoms with Crippen molar-refractivity contribution in [2.45, 2.75) is 31.3 Å². The smallest absolute Gasteiger partial charge is 0.325 e. The molecule has 2 aromatic heterocycles. The quantitative estimate of drug-likeness (QED) is 0.424. The number of piperidine rings is 1. The van der Waals surface area contributed by atoms with Gasteiger partial charge in [0.1, 0.15) is 23.9 Å². The van der Waals surface area contributed by atoms with Crippen LogP contribution in [0.5, 0.6) is 5.75 Å². The van der Waals surface area contributed by atoms with Crippen molar-refractivity contribution in [2.24, 2.45) is 0 Å². The molecule has 2 aromatic carbocycles. The van der Waals surface area contributed by atoms with Gasteiger partial charge in [-0.3, -0.25) is 14.5 Å². The molecule has 0 unspecified atom stereocenters. The van der Waals surface area contributed by atoms with Gasteiger partial charge in [0.05, 0.1) is 7.11 Å². The summed E-state index contributed by atoms with van der Waals surface area (Å²) in [6, 6.07) is 12.0. The number of methoxy groups -OCH3 is 1. The van der Waals surface area contributed by atoms with Crippen molar-refractivity contribution >= 4 is 33.9 Å². The van der Waals surface area contributed by atoms with Crippen molar-refractivity contribution in [2.75, 3.05) is 20.2 Å². The SMILES string of the molecule is COc1ccc2c(c1)c([C@@H](C(=O)O)N1CCC(c3nc4ccccc4o3)CC1)cn2CC(=O)O. The van der Waals surface area contributed by atoms with Gasteiger partial charge in [0.25, 0.3) is 0 Å². The van der Waals surface area contributed by atoms with E-state index in [1.54, 1.807) is 36.1 Å². The van der Waals surface area contributed by atoms with Crippen molar-refractivity contribution in [1.82, 2.24) is 14.5 Å². The van der Waals surface area contributed by atoms with E-state index in [1.807, 2.05) is 29.2 Å². The normalized spacial score (nSPS) is 16.1. The Morgan fingerprint density at radius 2 is 1.94 bits per heavy atom. The predicted octanol–water partition coefficient (Wildman–Crippen LogP) is 3.88. The highest BCUT2D eigenvalue weighted by atomic mass is 16.5. The molecule has 1 atom stereocenters. The van der Waals surface area contributed by atoms with Crippen molar-refractivity contribution in [3.8, 4) is 5.75 Å². The number of likely N-dealkylation sites (tertiary alicyclic amines) is 1. The minimum Gasteiger partial charge on any atom is -0.497 e. The molecule has 0 spiro atoms. The predicted molar refractivity (Wildman–Crippen MR) is 124 cm³/mol. The molecule has 9 nitrogen and oxygen atoms in total. The van der Waals surface area contributed by atoms with E-state index in [1.165, 1.54) is 0 Å². The summed E-state index contributed by atoms with van der Waals surface area (Å²) in [6.07, 6.45) is 3.07. The fourth-order valence-corrected chi connectivity index (χ4v) is 4.88. The van der Waals surface area contributed by atoms with Gasteiger partial charge in [-0.05, 0) is 43.2 Å². The van der Waals surface area contributed by atoms with Crippen LogP contribution < -0.4 is 4.74 Å². The van der Waals surface area contributed by atoms with Gasteiger partial charge in [0.2, 0.25) is 0 Å². The van der Waals surface area contributed by atoms with E-state index >= 15 is 0 Å². The largest absolute Gasteiger partial charge is 0.497 e. The zero-order chi connectivity index (χ0) is 23.8. The van der Waals surface area contributed by atoms with E-state index in [-0.39, 0.29) is 12.5 Å². The highest BCUT2D eigenvalue weighted by molar-refractivity contribution is 5.91. The molecule has 9 heteroatoms. The van der Waals surface area contributed by atoms with E-state index in [9.17, 15) is 19.8 Å². The van der Waals surface area contributed by atoms with Gasteiger partial charge in [0.15, 0.2) is 11.5 Å². The third-order valence-corrected chi connectivity index (χ3v) is 6.51. The summed E-state index contributed by atoms with van der Waals surface area (Å²) >= 11 is 0. The highest BCUT2D eigenvalue weighted by Gasteiger charge is 2.35. The lowest BCUT2D eigenvalue weighted by atomic mass is 9.94. The van der Waals surface area contributed by atoms with E-state index in [0.29, 0.717) is 54.0 Å². The molecule has 0 radical (unpaired) electrons. The van der Waals surface area contributed by atoms with E-state index in [4.69, 9.17) is 9.15 Å². The standard InChI is InChI=1S/C25H25N3O6/c1-33-16-6-7-20-17(12-16)18(13-28(20)14-22(29)30)23(25(31)32)27-10-8-15(9-11-27)24-26-19-4-2-3-5-21(19)34-24/h2-7,12-13,15,23H,8-11,14H2,1H3,(H,29,30)(H,31,32)/t23-/m0/s1. The second kappa shape index (κ2) is 8.83. The number of nitrogens with zero attached hydrogens (tertiary/aromatic N) is 3. The van der Waals surface area contributed by atoms with Crippen LogP contribution in [0.3, 0.4) is 0 Å². The Balaban J connectivity index is 1.44. The molecule has 1 aliphatic rings. The Morgan fingerprint density at radius 1 is 1.18 bits per heavy atom. The lowest BCUT2D eigenvalue weighted by Gasteiger charge is -2.34. The lowest BCUT2D eigenvalue weighted by molar-refractivity contribution is -0.144. The average Bonchev–Trinajstić information content (AvgIpc) is 3.41. The number of aromatic nitrogens is 2. The van der Waals surface area contributed by atoms with E-state index in [0.717, 1.165) is 11.1 Å². The number of oxazole rings is 1. The van der Waals surface area contributed by atoms with Gasteiger partial charge in [-0.1, -0.05) is 12.1 Å². The van der Waals surface area contributed by atoms with Gasteiger partial charge in [0, 0.05) is 41.7 Å². The summed E-state index contributed by atoms with van der Waals surface area (Å²) in [5, 5.41) is 20.2. The van der Waals surface area contributed by atoms with Gasteiger partial charge < -0.3 is 23.9 Å². The number of ether oxygens (including phenoxy) is 1. The van der Waals surface area contributed by atoms with Gasteiger partial charge in [-0.2, -0.15) is 0 Å². The number of aliphatic carboxylic acids is 2. The molecular weight excluding hydrogens is 438 g/mol. The summed E-state index contributed by atoms with van der Waals surface area (Å²) in [5.41, 5.74) is 2.79. The molecule has 1 aliphatic heterocycles. The maximum Gasteiger partial charge on any atom is 0.325 e. The minimum atomic E-state index is -0.995. The second-order valence-corrected chi connectivity index (χ2v) is 8.56. The van der Waals surface area contributed by atoms with Crippen LogP contribution in [0.25, 0.3) is 22.0 Å². The average molecular weight is 463 g/mol. The van der Waals surface area contributed by atoms with Gasteiger partial charge in [-0.15, -0.1) is 0 Å². The first-order valence-corrected chi connectivity index (χ1v) is 11.2. The maximum atomic E-state index is 12.5. The highest BCUT2D eigenvalue weighted by Crippen LogP contribution is 2.37. The summed E-state index contributed by atoms with van der Waals surface area (Å²) < 4.78 is 12.9. The number of fused-ring (bicyclic) bond motifs is 2. The fourth-order valence-electron chi connectivity index (χ4n) is 4.88. The monoisotopic (exact) mass is 463 g/mol. The number of carboxylic acid groups (broad SMARTS) is 2. The number of para-hydroxylation sites is 2. The van der Waals surface area contributed by atoms with Crippen LogP contribution in [-0.4, -0.2) is 56.8 Å². The second-order valence-electron chi connectivity index (χ2n) is 8.56. The molecule has 176 valence electrons. The molecule has 5 rings (SSSR count). The van der Waals surface area contributed by atoms with Crippen LogP contribution in [0.15, 0.2) is 53.1 Å². The van der Waals surface area contributed by atoms with Crippen LogP contribution in [0.1, 0.15) is 36.3 Å². The third kappa shape index (κ3) is 3.99. The minimum absolute atomic E-state index is 0.117. The van der Waals surface area contributed by atoms with Crippen molar-refractivity contribution in [3.05, 3.63) is 60.1 Å². The molecule has 1 saturated heterocycles. The van der Waals surface area contributed by atoms with Gasteiger partial charge in [-0.25, -0.2) is 4.98 Å². The molecule has 1 fully saturated rings. The van der Waals surface area contributed by atoms with Crippen LogP contribution in [0.2, 0.25) is 0 Å². The van der Waals surface area contributed by atoms with Crippen LogP contribution in [0, 0.1) is 0 Å². The summed E-state index contributed by atoms with van der Waals surface area (Å²) in [7, 11) is 1.54. The number of hydrogen-bond donors (Lipinski definition) is 2. The first-order valence-electron chi connectivity index (χ1n) is 11.2. The number of benzene rings is 2. The molecule has 0 amide bonds. The number of carbonyl (C=O) groups is 2. The number of hydrogen-bond acceptors (Lipinski definition) is 6. The first-order chi connectivity index (χ1) is 16.4. The molecule has 4 aromatic rings. The number of carboxylic acids is 2. The molecule has 0 saturated carbocycles. The molecule has 0 bridgehead atoms. The molecule has 0 aliphatic carbocycles. The Morgan fingerprint density at radius 3 is 2.62 bits per heavy atom. The Bertz CT molecular complexity index is 1330. The van der Waals surface area contributed by atoms with Crippen molar-refractivity contribution in [1.29, 1.82) is 0 Å². The van der Waals surface area contributed by atoms with E-state index in [2.05, 4.69) is 4.98 Å².